The third-order valence-electron chi connectivity index (χ3n) is 2.53. The van der Waals surface area contributed by atoms with Crippen LogP contribution in [0.1, 0.15) is 11.1 Å². The Kier molecular flexibility index (Phi) is 2.18. The number of nitrogens with zero attached hydrogens (tertiary/aromatic N) is 1. The van der Waals surface area contributed by atoms with Crippen LogP contribution in [-0.2, 0) is 13.0 Å². The number of benzene rings is 1. The van der Waals surface area contributed by atoms with Gasteiger partial charge in [0.2, 0.25) is 0 Å². The molecule has 0 atom stereocenters. The average Bonchev–Trinajstić information content (AvgIpc) is 2.02. The first-order valence-corrected chi connectivity index (χ1v) is 4.80. The lowest BCUT2D eigenvalue weighted by molar-refractivity contribution is 0.313. The first-order chi connectivity index (χ1) is 6.16. The second kappa shape index (κ2) is 3.20. The van der Waals surface area contributed by atoms with Crippen LogP contribution in [-0.4, -0.2) is 18.5 Å². The minimum atomic E-state index is 0.742. The van der Waals surface area contributed by atoms with E-state index in [9.17, 15) is 0 Å². The van der Waals surface area contributed by atoms with Gasteiger partial charge in [-0.1, -0.05) is 11.6 Å². The number of fused-ring (bicyclic) bond motifs is 1. The second-order valence-corrected chi connectivity index (χ2v) is 4.06. The lowest BCUT2D eigenvalue weighted by Gasteiger charge is -2.26. The highest BCUT2D eigenvalue weighted by Crippen LogP contribution is 2.27. The van der Waals surface area contributed by atoms with Crippen LogP contribution in [0.2, 0.25) is 5.02 Å². The van der Waals surface area contributed by atoms with Gasteiger partial charge in [-0.2, -0.15) is 0 Å². The van der Waals surface area contributed by atoms with Gasteiger partial charge in [0.25, 0.3) is 0 Å². The molecule has 0 unspecified atom stereocenters. The van der Waals surface area contributed by atoms with Crippen molar-refractivity contribution in [2.24, 2.45) is 0 Å². The summed E-state index contributed by atoms with van der Waals surface area (Å²) in [4.78, 5) is 2.28. The van der Waals surface area contributed by atoms with Crippen molar-refractivity contribution in [2.75, 3.05) is 19.3 Å². The smallest absolute Gasteiger partial charge is 0.0429 e. The third kappa shape index (κ3) is 1.64. The molecule has 2 nitrogen and oxygen atoms in total. The molecule has 0 bridgehead atoms. The summed E-state index contributed by atoms with van der Waals surface area (Å²) in [5.41, 5.74) is 9.28. The molecule has 2 N–H and O–H groups in total. The molecule has 0 amide bonds. The van der Waals surface area contributed by atoms with Crippen molar-refractivity contribution in [3.63, 3.8) is 0 Å². The van der Waals surface area contributed by atoms with Gasteiger partial charge in [0.15, 0.2) is 0 Å². The van der Waals surface area contributed by atoms with Crippen LogP contribution in [0.15, 0.2) is 12.1 Å². The minimum Gasteiger partial charge on any atom is -0.398 e. The molecule has 1 aliphatic rings. The molecule has 0 aliphatic carbocycles. The van der Waals surface area contributed by atoms with Gasteiger partial charge < -0.3 is 10.6 Å². The van der Waals surface area contributed by atoms with Crippen molar-refractivity contribution in [1.29, 1.82) is 0 Å². The number of nitrogen functional groups attached to an aromatic ring is 1. The van der Waals surface area contributed by atoms with Gasteiger partial charge in [-0.25, -0.2) is 0 Å². The Morgan fingerprint density at radius 3 is 3.00 bits per heavy atom. The first-order valence-electron chi connectivity index (χ1n) is 4.42. The number of hydrogen-bond donors (Lipinski definition) is 1. The Labute approximate surface area is 83.3 Å². The van der Waals surface area contributed by atoms with Crippen LogP contribution in [0, 0.1) is 0 Å². The maximum Gasteiger partial charge on any atom is 0.0429 e. The molecular formula is C10H13ClN2. The van der Waals surface area contributed by atoms with Gasteiger partial charge in [-0.05, 0) is 36.7 Å². The van der Waals surface area contributed by atoms with Gasteiger partial charge in [0.05, 0.1) is 0 Å². The summed E-state index contributed by atoms with van der Waals surface area (Å²) in [6.07, 6.45) is 1.04. The maximum atomic E-state index is 5.93. The highest BCUT2D eigenvalue weighted by Gasteiger charge is 2.15. The zero-order chi connectivity index (χ0) is 9.42. The van der Waals surface area contributed by atoms with Crippen LogP contribution >= 0.6 is 11.6 Å². The van der Waals surface area contributed by atoms with Crippen molar-refractivity contribution >= 4 is 17.3 Å². The van der Waals surface area contributed by atoms with E-state index in [1.807, 2.05) is 12.1 Å². The molecular weight excluding hydrogens is 184 g/mol. The molecule has 1 heterocycles. The molecule has 0 saturated heterocycles. The highest BCUT2D eigenvalue weighted by atomic mass is 35.5. The fourth-order valence-corrected chi connectivity index (χ4v) is 2.08. The SMILES string of the molecule is CN1CCc2c(N)cc(Cl)cc2C1. The summed E-state index contributed by atoms with van der Waals surface area (Å²) < 4.78 is 0. The van der Waals surface area contributed by atoms with Crippen LogP contribution in [0.5, 0.6) is 0 Å². The fraction of sp³-hybridized carbons (Fsp3) is 0.400. The van der Waals surface area contributed by atoms with Crippen molar-refractivity contribution in [1.82, 2.24) is 4.90 Å². The summed E-state index contributed by atoms with van der Waals surface area (Å²) in [5, 5.41) is 0.742. The lowest BCUT2D eigenvalue weighted by atomic mass is 9.98. The molecule has 0 aromatic heterocycles. The van der Waals surface area contributed by atoms with Crippen LogP contribution < -0.4 is 5.73 Å². The van der Waals surface area contributed by atoms with Crippen LogP contribution in [0.25, 0.3) is 0 Å². The van der Waals surface area contributed by atoms with Crippen molar-refractivity contribution < 1.29 is 0 Å². The maximum absolute atomic E-state index is 5.93. The Bertz CT molecular complexity index is 336. The Morgan fingerprint density at radius 1 is 1.46 bits per heavy atom. The Balaban J connectivity index is 2.47. The minimum absolute atomic E-state index is 0.742. The molecule has 0 radical (unpaired) electrons. The summed E-state index contributed by atoms with van der Waals surface area (Å²) in [6, 6.07) is 3.86. The predicted octanol–water partition coefficient (Wildman–Crippen LogP) is 1.91. The number of halogens is 1. The standard InChI is InChI=1S/C10H13ClN2/c1-13-3-2-9-7(6-13)4-8(11)5-10(9)12/h4-5H,2-3,6,12H2,1H3. The monoisotopic (exact) mass is 196 g/mol. The molecule has 1 aromatic rings. The van der Waals surface area contributed by atoms with E-state index in [1.54, 1.807) is 0 Å². The fourth-order valence-electron chi connectivity index (χ4n) is 1.83. The van der Waals surface area contributed by atoms with Crippen molar-refractivity contribution in [3.05, 3.63) is 28.3 Å². The Morgan fingerprint density at radius 2 is 2.23 bits per heavy atom. The number of nitrogens with two attached hydrogens (primary N) is 1. The highest BCUT2D eigenvalue weighted by molar-refractivity contribution is 6.31. The van der Waals surface area contributed by atoms with Gasteiger partial charge >= 0.3 is 0 Å². The summed E-state index contributed by atoms with van der Waals surface area (Å²) in [6.45, 7) is 2.04. The molecule has 2 rings (SSSR count). The molecule has 3 heteroatoms. The van der Waals surface area contributed by atoms with E-state index in [2.05, 4.69) is 11.9 Å². The van der Waals surface area contributed by atoms with Crippen LogP contribution in [0.4, 0.5) is 5.69 Å². The number of anilines is 1. The van der Waals surface area contributed by atoms with Crippen LogP contribution in [0.3, 0.4) is 0 Å². The largest absolute Gasteiger partial charge is 0.398 e. The predicted molar refractivity (Wildman–Crippen MR) is 55.9 cm³/mol. The molecule has 70 valence electrons. The summed E-state index contributed by atoms with van der Waals surface area (Å²) >= 11 is 5.93. The summed E-state index contributed by atoms with van der Waals surface area (Å²) in [7, 11) is 2.11. The topological polar surface area (TPSA) is 29.3 Å². The van der Waals surface area contributed by atoms with E-state index in [0.29, 0.717) is 0 Å². The van der Waals surface area contributed by atoms with E-state index in [1.165, 1.54) is 11.1 Å². The molecule has 0 saturated carbocycles. The normalized spacial score (nSPS) is 17.1. The van der Waals surface area contributed by atoms with E-state index >= 15 is 0 Å². The number of likely N-dealkylation sites (N-methyl/N-ethyl adjacent to an activating group) is 1. The molecule has 0 spiro atoms. The molecule has 0 fully saturated rings. The summed E-state index contributed by atoms with van der Waals surface area (Å²) in [5.74, 6) is 0. The van der Waals surface area contributed by atoms with Gasteiger partial charge in [0.1, 0.15) is 0 Å². The average molecular weight is 197 g/mol. The lowest BCUT2D eigenvalue weighted by Crippen LogP contribution is -2.27. The van der Waals surface area contributed by atoms with Gasteiger partial charge in [-0.3, -0.25) is 0 Å². The molecule has 1 aliphatic heterocycles. The van der Waals surface area contributed by atoms with E-state index < -0.39 is 0 Å². The number of rotatable bonds is 0. The Hall–Kier alpha value is -0.730. The van der Waals surface area contributed by atoms with Crippen molar-refractivity contribution in [3.8, 4) is 0 Å². The number of hydrogen-bond acceptors (Lipinski definition) is 2. The van der Waals surface area contributed by atoms with Gasteiger partial charge in [-0.15, -0.1) is 0 Å². The third-order valence-corrected chi connectivity index (χ3v) is 2.74. The quantitative estimate of drug-likeness (QED) is 0.643. The van der Waals surface area contributed by atoms with Crippen molar-refractivity contribution in [2.45, 2.75) is 13.0 Å². The van der Waals surface area contributed by atoms with E-state index in [-0.39, 0.29) is 0 Å². The second-order valence-electron chi connectivity index (χ2n) is 3.62. The molecule has 13 heavy (non-hydrogen) atoms. The van der Waals surface area contributed by atoms with Gasteiger partial charge in [0, 0.05) is 23.8 Å². The van der Waals surface area contributed by atoms with E-state index in [0.717, 1.165) is 30.2 Å². The van der Waals surface area contributed by atoms with E-state index in [4.69, 9.17) is 17.3 Å². The zero-order valence-corrected chi connectivity index (χ0v) is 8.43. The first kappa shape index (κ1) is 8.85. The zero-order valence-electron chi connectivity index (χ0n) is 7.68. The molecule has 1 aromatic carbocycles.